The zero-order chi connectivity index (χ0) is 23.0. The van der Waals surface area contributed by atoms with Gasteiger partial charge in [0, 0.05) is 24.2 Å². The monoisotopic (exact) mass is 455 g/mol. The third kappa shape index (κ3) is 4.17. The van der Waals surface area contributed by atoms with Gasteiger partial charge in [0.05, 0.1) is 16.9 Å². The fourth-order valence-corrected chi connectivity index (χ4v) is 4.00. The first kappa shape index (κ1) is 22.1. The molecule has 1 unspecified atom stereocenters. The van der Waals surface area contributed by atoms with Gasteiger partial charge in [-0.25, -0.2) is 4.98 Å². The Hall–Kier alpha value is -3.06. The van der Waals surface area contributed by atoms with Crippen LogP contribution in [0.15, 0.2) is 41.2 Å². The van der Waals surface area contributed by atoms with E-state index in [9.17, 15) is 9.59 Å². The molecule has 0 aliphatic carbocycles. The van der Waals surface area contributed by atoms with Crippen LogP contribution in [0.4, 0.5) is 0 Å². The van der Waals surface area contributed by atoms with Crippen LogP contribution < -0.4 is 15.0 Å². The molecule has 168 valence electrons. The molecule has 1 aliphatic rings. The van der Waals surface area contributed by atoms with E-state index in [0.717, 1.165) is 6.42 Å². The van der Waals surface area contributed by atoms with Gasteiger partial charge in [0.15, 0.2) is 11.5 Å². The van der Waals surface area contributed by atoms with Crippen LogP contribution >= 0.6 is 11.6 Å². The van der Waals surface area contributed by atoms with Gasteiger partial charge in [0.1, 0.15) is 5.82 Å². The highest BCUT2D eigenvalue weighted by Crippen LogP contribution is 2.33. The summed E-state index contributed by atoms with van der Waals surface area (Å²) >= 11 is 6.13. The van der Waals surface area contributed by atoms with Gasteiger partial charge in [0.25, 0.3) is 11.5 Å². The average Bonchev–Trinajstić information content (AvgIpc) is 3.23. The topological polar surface area (TPSA) is 73.7 Å². The fraction of sp³-hybridized carbons (Fsp3) is 0.375. The van der Waals surface area contributed by atoms with Crippen LogP contribution in [0.5, 0.6) is 11.5 Å². The number of hydrogen-bond acceptors (Lipinski definition) is 5. The molecular formula is C24H26ClN3O4. The lowest BCUT2D eigenvalue weighted by Crippen LogP contribution is -2.38. The Labute approximate surface area is 191 Å². The summed E-state index contributed by atoms with van der Waals surface area (Å²) < 4.78 is 12.3. The number of halogens is 1. The molecule has 0 saturated carbocycles. The van der Waals surface area contributed by atoms with Crippen LogP contribution in [0.2, 0.25) is 5.02 Å². The van der Waals surface area contributed by atoms with Gasteiger partial charge in [-0.2, -0.15) is 0 Å². The van der Waals surface area contributed by atoms with Gasteiger partial charge in [-0.15, -0.1) is 0 Å². The number of fused-ring (bicyclic) bond motifs is 2. The number of aromatic nitrogens is 2. The average molecular weight is 456 g/mol. The van der Waals surface area contributed by atoms with Gasteiger partial charge < -0.3 is 14.4 Å². The van der Waals surface area contributed by atoms with Crippen molar-refractivity contribution in [3.8, 4) is 11.5 Å². The SMILES string of the molecule is CC(C)CCN(C(=O)c1ccc2c(c1)OCO2)C(C)c1nc2cc(Cl)ccc2c(=O)n1C. The molecule has 7 nitrogen and oxygen atoms in total. The predicted molar refractivity (Wildman–Crippen MR) is 123 cm³/mol. The minimum atomic E-state index is -0.437. The van der Waals surface area contributed by atoms with E-state index in [2.05, 4.69) is 13.8 Å². The molecule has 1 aromatic heterocycles. The van der Waals surface area contributed by atoms with Crippen molar-refractivity contribution >= 4 is 28.4 Å². The zero-order valence-corrected chi connectivity index (χ0v) is 19.3. The summed E-state index contributed by atoms with van der Waals surface area (Å²) in [5.74, 6) is 1.93. The van der Waals surface area contributed by atoms with Crippen molar-refractivity contribution in [3.05, 3.63) is 63.2 Å². The lowest BCUT2D eigenvalue weighted by Gasteiger charge is -2.30. The molecular weight excluding hydrogens is 430 g/mol. The van der Waals surface area contributed by atoms with Crippen molar-refractivity contribution in [2.24, 2.45) is 13.0 Å². The number of hydrogen-bond donors (Lipinski definition) is 0. The first-order chi connectivity index (χ1) is 15.3. The standard InChI is InChI=1S/C24H26ClN3O4/c1-14(2)9-10-28(23(29)16-5-8-20-21(11-16)32-13-31-20)15(3)22-26-19-12-17(25)6-7-18(19)24(30)27(22)4/h5-8,11-12,14-15H,9-10,13H2,1-4H3. The summed E-state index contributed by atoms with van der Waals surface area (Å²) in [6.07, 6.45) is 0.813. The lowest BCUT2D eigenvalue weighted by atomic mass is 10.1. The summed E-state index contributed by atoms with van der Waals surface area (Å²) in [4.78, 5) is 33.0. The van der Waals surface area contributed by atoms with E-state index < -0.39 is 6.04 Å². The summed E-state index contributed by atoms with van der Waals surface area (Å²) in [6.45, 7) is 6.78. The Morgan fingerprint density at radius 3 is 2.66 bits per heavy atom. The Kier molecular flexibility index (Phi) is 6.11. The quantitative estimate of drug-likeness (QED) is 0.544. The van der Waals surface area contributed by atoms with Crippen LogP contribution in [0.3, 0.4) is 0 Å². The molecule has 0 saturated heterocycles. The van der Waals surface area contributed by atoms with Gasteiger partial charge >= 0.3 is 0 Å². The van der Waals surface area contributed by atoms with E-state index in [0.29, 0.717) is 51.3 Å². The summed E-state index contributed by atoms with van der Waals surface area (Å²) in [7, 11) is 1.68. The van der Waals surface area contributed by atoms with E-state index >= 15 is 0 Å². The van der Waals surface area contributed by atoms with E-state index in [-0.39, 0.29) is 18.3 Å². The summed E-state index contributed by atoms with van der Waals surface area (Å²) in [6, 6.07) is 9.76. The first-order valence-electron chi connectivity index (χ1n) is 10.6. The van der Waals surface area contributed by atoms with Crippen molar-refractivity contribution in [2.75, 3.05) is 13.3 Å². The molecule has 2 heterocycles. The lowest BCUT2D eigenvalue weighted by molar-refractivity contribution is 0.0670. The van der Waals surface area contributed by atoms with Crippen molar-refractivity contribution in [3.63, 3.8) is 0 Å². The van der Waals surface area contributed by atoms with Gasteiger partial charge in [0.2, 0.25) is 6.79 Å². The van der Waals surface area contributed by atoms with Crippen LogP contribution in [-0.2, 0) is 7.05 Å². The fourth-order valence-electron chi connectivity index (χ4n) is 3.84. The number of benzene rings is 2. The second-order valence-corrected chi connectivity index (χ2v) is 8.86. The van der Waals surface area contributed by atoms with Crippen molar-refractivity contribution in [2.45, 2.75) is 33.2 Å². The van der Waals surface area contributed by atoms with Crippen LogP contribution in [0.25, 0.3) is 10.9 Å². The number of amides is 1. The third-order valence-corrected chi connectivity index (χ3v) is 5.98. The maximum Gasteiger partial charge on any atom is 0.261 e. The smallest absolute Gasteiger partial charge is 0.261 e. The summed E-state index contributed by atoms with van der Waals surface area (Å²) in [5.41, 5.74) is 0.841. The molecule has 4 rings (SSSR count). The highest BCUT2D eigenvalue weighted by atomic mass is 35.5. The molecule has 0 spiro atoms. The molecule has 32 heavy (non-hydrogen) atoms. The number of rotatable bonds is 6. The first-order valence-corrected chi connectivity index (χ1v) is 11.0. The minimum Gasteiger partial charge on any atom is -0.454 e. The summed E-state index contributed by atoms with van der Waals surface area (Å²) in [5, 5.41) is 0.994. The molecule has 8 heteroatoms. The van der Waals surface area contributed by atoms with Crippen molar-refractivity contribution in [1.29, 1.82) is 0 Å². The maximum absolute atomic E-state index is 13.6. The van der Waals surface area contributed by atoms with Gasteiger partial charge in [-0.1, -0.05) is 25.4 Å². The molecule has 1 aliphatic heterocycles. The normalized spacial score (nSPS) is 13.6. The molecule has 0 N–H and O–H groups in total. The van der Waals surface area contributed by atoms with Crippen LogP contribution in [0.1, 0.15) is 49.4 Å². The number of ether oxygens (including phenoxy) is 2. The molecule has 1 amide bonds. The number of carbonyl (C=O) groups excluding carboxylic acids is 1. The highest BCUT2D eigenvalue weighted by molar-refractivity contribution is 6.31. The third-order valence-electron chi connectivity index (χ3n) is 5.74. The molecule has 0 fully saturated rings. The molecule has 0 bridgehead atoms. The van der Waals surface area contributed by atoms with E-state index in [1.165, 1.54) is 4.57 Å². The van der Waals surface area contributed by atoms with E-state index in [4.69, 9.17) is 26.1 Å². The molecule has 3 aromatic rings. The Morgan fingerprint density at radius 2 is 1.91 bits per heavy atom. The Balaban J connectivity index is 1.75. The second kappa shape index (κ2) is 8.82. The van der Waals surface area contributed by atoms with Gasteiger partial charge in [-0.05, 0) is 55.7 Å². The van der Waals surface area contributed by atoms with Crippen molar-refractivity contribution < 1.29 is 14.3 Å². The highest BCUT2D eigenvalue weighted by Gasteiger charge is 2.27. The predicted octanol–water partition coefficient (Wildman–Crippen LogP) is 4.57. The van der Waals surface area contributed by atoms with E-state index in [1.807, 2.05) is 6.92 Å². The van der Waals surface area contributed by atoms with Crippen molar-refractivity contribution in [1.82, 2.24) is 14.5 Å². The zero-order valence-electron chi connectivity index (χ0n) is 18.6. The Morgan fingerprint density at radius 1 is 1.16 bits per heavy atom. The Bertz CT molecular complexity index is 1240. The minimum absolute atomic E-state index is 0.145. The number of nitrogens with zero attached hydrogens (tertiary/aromatic N) is 3. The maximum atomic E-state index is 13.6. The van der Waals surface area contributed by atoms with Crippen LogP contribution in [-0.4, -0.2) is 33.7 Å². The molecule has 0 radical (unpaired) electrons. The van der Waals surface area contributed by atoms with Gasteiger partial charge in [-0.3, -0.25) is 14.2 Å². The largest absolute Gasteiger partial charge is 0.454 e. The molecule has 1 atom stereocenters. The molecule has 2 aromatic carbocycles. The van der Waals surface area contributed by atoms with E-state index in [1.54, 1.807) is 48.3 Å². The second-order valence-electron chi connectivity index (χ2n) is 8.42. The number of carbonyl (C=O) groups is 1. The van der Waals surface area contributed by atoms with Crippen LogP contribution in [0, 0.1) is 5.92 Å².